The Morgan fingerprint density at radius 1 is 1.12 bits per heavy atom. The number of hydrogen-bond acceptors (Lipinski definition) is 3. The number of rotatable bonds is 2. The standard InChI is InChI=1S/C20H21N3O2/c1-23-17-8-6-12(10-13(17)7-9-18(23)24)16-11-22-19(20(21)25)15-5-3-2-4-14(15)16/h6,8,10-11H,2-5,7,9H2,1H3,(H2,21,25). The normalized spacial score (nSPS) is 16.4. The lowest BCUT2D eigenvalue weighted by Crippen LogP contribution is -2.31. The molecule has 2 aromatic rings. The molecule has 5 nitrogen and oxygen atoms in total. The zero-order valence-electron chi connectivity index (χ0n) is 14.3. The number of carbonyl (C=O) groups is 2. The summed E-state index contributed by atoms with van der Waals surface area (Å²) in [5.74, 6) is -0.291. The van der Waals surface area contributed by atoms with Gasteiger partial charge in [0.25, 0.3) is 5.91 Å². The van der Waals surface area contributed by atoms with Crippen molar-refractivity contribution in [2.24, 2.45) is 5.73 Å². The number of aromatic nitrogens is 1. The molecule has 25 heavy (non-hydrogen) atoms. The van der Waals surface area contributed by atoms with Crippen LogP contribution in [0.5, 0.6) is 0 Å². The zero-order chi connectivity index (χ0) is 17.6. The van der Waals surface area contributed by atoms with Crippen molar-refractivity contribution in [2.75, 3.05) is 11.9 Å². The Morgan fingerprint density at radius 2 is 1.88 bits per heavy atom. The van der Waals surface area contributed by atoms with Gasteiger partial charge in [0.2, 0.25) is 5.91 Å². The average Bonchev–Trinajstić information content (AvgIpc) is 2.63. The second-order valence-corrected chi connectivity index (χ2v) is 6.85. The van der Waals surface area contributed by atoms with Crippen molar-refractivity contribution in [3.63, 3.8) is 0 Å². The van der Waals surface area contributed by atoms with Crippen LogP contribution in [0.25, 0.3) is 11.1 Å². The van der Waals surface area contributed by atoms with Crippen molar-refractivity contribution in [1.29, 1.82) is 0 Å². The maximum Gasteiger partial charge on any atom is 0.267 e. The number of amides is 2. The highest BCUT2D eigenvalue weighted by Crippen LogP contribution is 2.36. The number of primary amides is 1. The van der Waals surface area contributed by atoms with Crippen molar-refractivity contribution in [3.05, 3.63) is 46.8 Å². The lowest BCUT2D eigenvalue weighted by atomic mass is 9.85. The van der Waals surface area contributed by atoms with Gasteiger partial charge in [-0.1, -0.05) is 6.07 Å². The number of anilines is 1. The highest BCUT2D eigenvalue weighted by molar-refractivity contribution is 5.96. The van der Waals surface area contributed by atoms with Crippen LogP contribution in [-0.2, 0) is 24.1 Å². The quantitative estimate of drug-likeness (QED) is 0.916. The lowest BCUT2D eigenvalue weighted by molar-refractivity contribution is -0.118. The third-order valence-electron chi connectivity index (χ3n) is 5.37. The molecule has 1 aliphatic carbocycles. The number of aryl methyl sites for hydroxylation is 1. The fourth-order valence-electron chi connectivity index (χ4n) is 4.03. The number of hydrogen-bond donors (Lipinski definition) is 1. The van der Waals surface area contributed by atoms with Gasteiger partial charge in [0, 0.05) is 30.9 Å². The first-order valence-electron chi connectivity index (χ1n) is 8.76. The predicted octanol–water partition coefficient (Wildman–Crippen LogP) is 2.64. The molecule has 2 N–H and O–H groups in total. The fraction of sp³-hybridized carbons (Fsp3) is 0.350. The molecule has 1 aromatic carbocycles. The van der Waals surface area contributed by atoms with Gasteiger partial charge >= 0.3 is 0 Å². The van der Waals surface area contributed by atoms with E-state index in [0.29, 0.717) is 12.1 Å². The molecule has 2 aliphatic rings. The van der Waals surface area contributed by atoms with Crippen LogP contribution < -0.4 is 10.6 Å². The van der Waals surface area contributed by atoms with Crippen LogP contribution in [-0.4, -0.2) is 23.8 Å². The Bertz CT molecular complexity index is 889. The Morgan fingerprint density at radius 3 is 2.64 bits per heavy atom. The summed E-state index contributed by atoms with van der Waals surface area (Å²) >= 11 is 0. The van der Waals surface area contributed by atoms with Gasteiger partial charge in [-0.3, -0.25) is 14.6 Å². The van der Waals surface area contributed by atoms with Crippen LogP contribution in [0.15, 0.2) is 24.4 Å². The fourth-order valence-corrected chi connectivity index (χ4v) is 4.03. The van der Waals surface area contributed by atoms with Gasteiger partial charge in [0.15, 0.2) is 0 Å². The third kappa shape index (κ3) is 2.60. The van der Waals surface area contributed by atoms with Crippen LogP contribution in [0, 0.1) is 0 Å². The number of benzene rings is 1. The van der Waals surface area contributed by atoms with Crippen LogP contribution >= 0.6 is 0 Å². The van der Waals surface area contributed by atoms with Crippen molar-refractivity contribution < 1.29 is 9.59 Å². The maximum atomic E-state index is 11.9. The Kier molecular flexibility index (Phi) is 3.79. The molecule has 5 heteroatoms. The summed E-state index contributed by atoms with van der Waals surface area (Å²) in [6.45, 7) is 0. The van der Waals surface area contributed by atoms with E-state index in [1.807, 2.05) is 19.2 Å². The zero-order valence-corrected chi connectivity index (χ0v) is 14.3. The number of nitrogens with two attached hydrogens (primary N) is 1. The smallest absolute Gasteiger partial charge is 0.267 e. The molecule has 0 spiro atoms. The summed E-state index contributed by atoms with van der Waals surface area (Å²) in [6, 6.07) is 6.22. The monoisotopic (exact) mass is 335 g/mol. The molecule has 4 rings (SSSR count). The van der Waals surface area contributed by atoms with E-state index in [-0.39, 0.29) is 5.91 Å². The third-order valence-corrected chi connectivity index (χ3v) is 5.37. The number of nitrogens with zero attached hydrogens (tertiary/aromatic N) is 2. The van der Waals surface area contributed by atoms with E-state index >= 15 is 0 Å². The summed E-state index contributed by atoms with van der Waals surface area (Å²) in [7, 11) is 1.82. The van der Waals surface area contributed by atoms with E-state index in [1.165, 1.54) is 11.1 Å². The van der Waals surface area contributed by atoms with Crippen LogP contribution in [0.3, 0.4) is 0 Å². The topological polar surface area (TPSA) is 76.3 Å². The molecule has 0 saturated carbocycles. The largest absolute Gasteiger partial charge is 0.364 e. The lowest BCUT2D eigenvalue weighted by Gasteiger charge is -2.27. The number of carbonyl (C=O) groups excluding carboxylic acids is 2. The molecule has 2 amide bonds. The minimum atomic E-state index is -0.449. The van der Waals surface area contributed by atoms with Crippen LogP contribution in [0.2, 0.25) is 0 Å². The SMILES string of the molecule is CN1C(=O)CCc2cc(-c3cnc(C(N)=O)c4c3CCCC4)ccc21. The molecular formula is C20H21N3O2. The highest BCUT2D eigenvalue weighted by atomic mass is 16.2. The van der Waals surface area contributed by atoms with E-state index in [1.54, 1.807) is 11.1 Å². The molecule has 0 radical (unpaired) electrons. The maximum absolute atomic E-state index is 11.9. The van der Waals surface area contributed by atoms with E-state index in [4.69, 9.17) is 5.73 Å². The van der Waals surface area contributed by atoms with E-state index < -0.39 is 5.91 Å². The molecular weight excluding hydrogens is 314 g/mol. The van der Waals surface area contributed by atoms with Gasteiger partial charge in [0.1, 0.15) is 5.69 Å². The molecule has 1 aromatic heterocycles. The molecule has 0 atom stereocenters. The molecule has 1 aliphatic heterocycles. The number of pyridine rings is 1. The minimum Gasteiger partial charge on any atom is -0.364 e. The summed E-state index contributed by atoms with van der Waals surface area (Å²) in [4.78, 5) is 29.7. The molecule has 0 saturated heterocycles. The Labute approximate surface area is 146 Å². The van der Waals surface area contributed by atoms with Crippen LogP contribution in [0.4, 0.5) is 5.69 Å². The highest BCUT2D eigenvalue weighted by Gasteiger charge is 2.24. The summed E-state index contributed by atoms with van der Waals surface area (Å²) in [6.07, 6.45) is 7.08. The van der Waals surface area contributed by atoms with Crippen molar-refractivity contribution >= 4 is 17.5 Å². The number of fused-ring (bicyclic) bond motifs is 2. The van der Waals surface area contributed by atoms with Gasteiger partial charge < -0.3 is 10.6 Å². The first kappa shape index (κ1) is 15.8. The summed E-state index contributed by atoms with van der Waals surface area (Å²) in [5.41, 5.74) is 12.5. The molecule has 0 bridgehead atoms. The van der Waals surface area contributed by atoms with E-state index in [2.05, 4.69) is 11.1 Å². The summed E-state index contributed by atoms with van der Waals surface area (Å²) < 4.78 is 0. The van der Waals surface area contributed by atoms with E-state index in [0.717, 1.165) is 54.5 Å². The molecule has 128 valence electrons. The Hall–Kier alpha value is -2.69. The van der Waals surface area contributed by atoms with Gasteiger partial charge in [-0.2, -0.15) is 0 Å². The second kappa shape index (κ2) is 5.99. The molecule has 2 heterocycles. The average molecular weight is 335 g/mol. The van der Waals surface area contributed by atoms with Gasteiger partial charge in [-0.05, 0) is 66.5 Å². The molecule has 0 unspecified atom stereocenters. The predicted molar refractivity (Wildman–Crippen MR) is 96.6 cm³/mol. The van der Waals surface area contributed by atoms with Crippen LogP contribution in [0.1, 0.15) is 46.4 Å². The first-order valence-corrected chi connectivity index (χ1v) is 8.76. The Balaban J connectivity index is 1.83. The van der Waals surface area contributed by atoms with Gasteiger partial charge in [-0.25, -0.2) is 0 Å². The minimum absolute atomic E-state index is 0.158. The van der Waals surface area contributed by atoms with E-state index in [9.17, 15) is 9.59 Å². The van der Waals surface area contributed by atoms with Gasteiger partial charge in [-0.15, -0.1) is 0 Å². The second-order valence-electron chi connectivity index (χ2n) is 6.85. The van der Waals surface area contributed by atoms with Crippen molar-refractivity contribution in [1.82, 2.24) is 4.98 Å². The first-order chi connectivity index (χ1) is 12.1. The van der Waals surface area contributed by atoms with Gasteiger partial charge in [0.05, 0.1) is 0 Å². The van der Waals surface area contributed by atoms with Crippen molar-refractivity contribution in [3.8, 4) is 11.1 Å². The van der Waals surface area contributed by atoms with Crippen molar-refractivity contribution in [2.45, 2.75) is 38.5 Å². The summed E-state index contributed by atoms with van der Waals surface area (Å²) in [5, 5.41) is 0. The molecule has 0 fully saturated rings.